The molecule has 0 bridgehead atoms. The van der Waals surface area contributed by atoms with Gasteiger partial charge in [0.2, 0.25) is 0 Å². The van der Waals surface area contributed by atoms with E-state index in [4.69, 9.17) is 9.84 Å². The SMILES string of the molecule is Cc1ccc(-n2nc(C(C)(C)C)cc2NC(=O)Nc2ccc(OCCc3cccnc3)c3ccccc23)cc1. The third-order valence-electron chi connectivity index (χ3n) is 6.50. The number of carbonyl (C=O) groups is 1. The molecule has 0 fully saturated rings. The second-order valence-electron chi connectivity index (χ2n) is 10.6. The lowest BCUT2D eigenvalue weighted by atomic mass is 9.92. The van der Waals surface area contributed by atoms with E-state index in [-0.39, 0.29) is 11.4 Å². The van der Waals surface area contributed by atoms with Crippen molar-refractivity contribution in [1.82, 2.24) is 14.8 Å². The number of hydrogen-bond acceptors (Lipinski definition) is 4. The van der Waals surface area contributed by atoms with Gasteiger partial charge in [-0.05, 0) is 42.8 Å². The van der Waals surface area contributed by atoms with Crippen LogP contribution in [0.3, 0.4) is 0 Å². The molecule has 39 heavy (non-hydrogen) atoms. The largest absolute Gasteiger partial charge is 0.493 e. The number of hydrogen-bond donors (Lipinski definition) is 2. The molecule has 3 aromatic carbocycles. The van der Waals surface area contributed by atoms with Gasteiger partial charge in [0, 0.05) is 41.1 Å². The normalized spacial score (nSPS) is 11.4. The highest BCUT2D eigenvalue weighted by Gasteiger charge is 2.22. The van der Waals surface area contributed by atoms with Crippen molar-refractivity contribution in [3.8, 4) is 11.4 Å². The van der Waals surface area contributed by atoms with Crippen LogP contribution in [0.15, 0.2) is 91.3 Å². The molecule has 0 aliphatic heterocycles. The molecule has 0 aliphatic carbocycles. The number of aryl methyl sites for hydroxylation is 1. The van der Waals surface area contributed by atoms with Crippen LogP contribution in [0.2, 0.25) is 0 Å². The van der Waals surface area contributed by atoms with E-state index < -0.39 is 0 Å². The molecule has 7 nitrogen and oxygen atoms in total. The summed E-state index contributed by atoms with van der Waals surface area (Å²) in [6.45, 7) is 8.88. The van der Waals surface area contributed by atoms with E-state index in [1.807, 2.05) is 92.0 Å². The number of amides is 2. The van der Waals surface area contributed by atoms with E-state index in [2.05, 4.69) is 36.4 Å². The molecule has 2 aromatic heterocycles. The van der Waals surface area contributed by atoms with E-state index in [0.29, 0.717) is 18.1 Å². The van der Waals surface area contributed by atoms with Crippen molar-refractivity contribution in [1.29, 1.82) is 0 Å². The van der Waals surface area contributed by atoms with Gasteiger partial charge in [0.15, 0.2) is 0 Å². The average molecular weight is 520 g/mol. The number of fused-ring (bicyclic) bond motifs is 1. The van der Waals surface area contributed by atoms with Crippen molar-refractivity contribution in [2.75, 3.05) is 17.2 Å². The summed E-state index contributed by atoms with van der Waals surface area (Å²) >= 11 is 0. The van der Waals surface area contributed by atoms with Crippen molar-refractivity contribution in [3.63, 3.8) is 0 Å². The fourth-order valence-electron chi connectivity index (χ4n) is 4.32. The lowest BCUT2D eigenvalue weighted by Crippen LogP contribution is -2.21. The minimum atomic E-state index is -0.348. The van der Waals surface area contributed by atoms with Gasteiger partial charge >= 0.3 is 6.03 Å². The van der Waals surface area contributed by atoms with E-state index in [9.17, 15) is 4.79 Å². The zero-order valence-corrected chi connectivity index (χ0v) is 22.7. The first-order valence-electron chi connectivity index (χ1n) is 13.1. The van der Waals surface area contributed by atoms with Crippen LogP contribution in [0.5, 0.6) is 5.75 Å². The standard InChI is InChI=1S/C32H33N5O2/c1-22-11-13-24(14-12-22)37-30(20-29(36-37)32(2,3)4)35-31(38)34-27-15-16-28(26-10-6-5-9-25(26)27)39-19-17-23-8-7-18-33-21-23/h5-16,18,20-21H,17,19H2,1-4H3,(H2,34,35,38). The molecule has 198 valence electrons. The molecule has 0 atom stereocenters. The Kier molecular flexibility index (Phi) is 7.32. The van der Waals surface area contributed by atoms with Crippen LogP contribution in [0.1, 0.15) is 37.6 Å². The number of nitrogens with one attached hydrogen (secondary N) is 2. The molecule has 0 saturated heterocycles. The minimum Gasteiger partial charge on any atom is -0.493 e. The fraction of sp³-hybridized carbons (Fsp3) is 0.219. The number of carbonyl (C=O) groups excluding carboxylic acids is 1. The fourth-order valence-corrected chi connectivity index (χ4v) is 4.32. The van der Waals surface area contributed by atoms with Gasteiger partial charge in [-0.2, -0.15) is 5.10 Å². The van der Waals surface area contributed by atoms with E-state index in [0.717, 1.165) is 45.5 Å². The monoisotopic (exact) mass is 519 g/mol. The number of pyridine rings is 1. The van der Waals surface area contributed by atoms with Crippen LogP contribution in [0, 0.1) is 6.92 Å². The Bertz CT molecular complexity index is 1590. The molecule has 2 heterocycles. The number of anilines is 2. The average Bonchev–Trinajstić information content (AvgIpc) is 3.35. The molecule has 0 saturated carbocycles. The zero-order chi connectivity index (χ0) is 27.4. The van der Waals surface area contributed by atoms with Gasteiger partial charge in [-0.15, -0.1) is 0 Å². The number of rotatable bonds is 7. The molecule has 2 N–H and O–H groups in total. The summed E-state index contributed by atoms with van der Waals surface area (Å²) < 4.78 is 7.89. The number of urea groups is 1. The Labute approximate surface area is 228 Å². The van der Waals surface area contributed by atoms with E-state index >= 15 is 0 Å². The number of benzene rings is 3. The molecule has 0 aliphatic rings. The Hall–Kier alpha value is -4.65. The number of ether oxygens (including phenoxy) is 1. The maximum atomic E-state index is 13.2. The first-order valence-corrected chi connectivity index (χ1v) is 13.1. The first kappa shape index (κ1) is 26.0. The molecular formula is C32H33N5O2. The van der Waals surface area contributed by atoms with Gasteiger partial charge in [0.25, 0.3) is 0 Å². The smallest absolute Gasteiger partial charge is 0.324 e. The van der Waals surface area contributed by atoms with Crippen LogP contribution >= 0.6 is 0 Å². The third-order valence-corrected chi connectivity index (χ3v) is 6.50. The van der Waals surface area contributed by atoms with Crippen molar-refractivity contribution < 1.29 is 9.53 Å². The predicted molar refractivity (Wildman–Crippen MR) is 157 cm³/mol. The molecule has 5 aromatic rings. The Morgan fingerprint density at radius 1 is 0.923 bits per heavy atom. The Morgan fingerprint density at radius 2 is 1.69 bits per heavy atom. The van der Waals surface area contributed by atoms with Crippen molar-refractivity contribution >= 4 is 28.3 Å². The van der Waals surface area contributed by atoms with Crippen molar-refractivity contribution in [3.05, 3.63) is 108 Å². The third kappa shape index (κ3) is 6.09. The lowest BCUT2D eigenvalue weighted by Gasteiger charge is -2.14. The second-order valence-corrected chi connectivity index (χ2v) is 10.6. The maximum absolute atomic E-state index is 13.2. The zero-order valence-electron chi connectivity index (χ0n) is 22.7. The molecular weight excluding hydrogens is 486 g/mol. The van der Waals surface area contributed by atoms with Gasteiger partial charge in [-0.1, -0.05) is 68.8 Å². The number of aromatic nitrogens is 3. The van der Waals surface area contributed by atoms with Crippen LogP contribution in [0.4, 0.5) is 16.3 Å². The van der Waals surface area contributed by atoms with E-state index in [1.54, 1.807) is 10.9 Å². The maximum Gasteiger partial charge on any atom is 0.324 e. The summed E-state index contributed by atoms with van der Waals surface area (Å²) in [6, 6.07) is 25.3. The highest BCUT2D eigenvalue weighted by Crippen LogP contribution is 2.32. The van der Waals surface area contributed by atoms with Crippen molar-refractivity contribution in [2.45, 2.75) is 39.5 Å². The summed E-state index contributed by atoms with van der Waals surface area (Å²) in [5, 5.41) is 12.7. The summed E-state index contributed by atoms with van der Waals surface area (Å²) in [5.74, 6) is 1.37. The van der Waals surface area contributed by atoms with E-state index in [1.165, 1.54) is 0 Å². The molecule has 0 radical (unpaired) electrons. The lowest BCUT2D eigenvalue weighted by molar-refractivity contribution is 0.262. The molecule has 0 unspecified atom stereocenters. The van der Waals surface area contributed by atoms with Gasteiger partial charge in [-0.25, -0.2) is 9.48 Å². The summed E-state index contributed by atoms with van der Waals surface area (Å²) in [4.78, 5) is 17.4. The molecule has 7 heteroatoms. The highest BCUT2D eigenvalue weighted by molar-refractivity contribution is 6.07. The van der Waals surface area contributed by atoms with Crippen molar-refractivity contribution in [2.24, 2.45) is 0 Å². The quantitative estimate of drug-likeness (QED) is 0.237. The van der Waals surface area contributed by atoms with Crippen LogP contribution in [-0.2, 0) is 11.8 Å². The summed E-state index contributed by atoms with van der Waals surface area (Å²) in [7, 11) is 0. The molecule has 0 spiro atoms. The van der Waals surface area contributed by atoms with Crippen LogP contribution in [-0.4, -0.2) is 27.4 Å². The first-order chi connectivity index (χ1) is 18.8. The van der Waals surface area contributed by atoms with Gasteiger partial charge < -0.3 is 10.1 Å². The van der Waals surface area contributed by atoms with Crippen LogP contribution < -0.4 is 15.4 Å². The summed E-state index contributed by atoms with van der Waals surface area (Å²) in [6.07, 6.45) is 4.37. The minimum absolute atomic E-state index is 0.175. The molecule has 5 rings (SSSR count). The Balaban J connectivity index is 1.36. The summed E-state index contributed by atoms with van der Waals surface area (Å²) in [5.41, 5.74) is 4.56. The topological polar surface area (TPSA) is 81.1 Å². The second kappa shape index (κ2) is 11.0. The van der Waals surface area contributed by atoms with Gasteiger partial charge in [0.05, 0.1) is 23.7 Å². The van der Waals surface area contributed by atoms with Gasteiger partial charge in [0.1, 0.15) is 11.6 Å². The predicted octanol–water partition coefficient (Wildman–Crippen LogP) is 7.29. The molecule has 2 amide bonds. The van der Waals surface area contributed by atoms with Gasteiger partial charge in [-0.3, -0.25) is 10.3 Å². The Morgan fingerprint density at radius 3 is 2.41 bits per heavy atom. The number of nitrogens with zero attached hydrogens (tertiary/aromatic N) is 3. The van der Waals surface area contributed by atoms with Crippen LogP contribution in [0.25, 0.3) is 16.5 Å². The highest BCUT2D eigenvalue weighted by atomic mass is 16.5.